The fourth-order valence-corrected chi connectivity index (χ4v) is 2.22. The zero-order valence-electron chi connectivity index (χ0n) is 11.0. The van der Waals surface area contributed by atoms with Crippen LogP contribution in [0.5, 0.6) is 0 Å². The molecule has 0 bridgehead atoms. The van der Waals surface area contributed by atoms with Crippen LogP contribution < -0.4 is 0 Å². The Labute approximate surface area is 108 Å². The van der Waals surface area contributed by atoms with Gasteiger partial charge in [-0.15, -0.1) is 11.6 Å². The molecule has 2 amide bonds. The molecule has 1 fully saturated rings. The Kier molecular flexibility index (Phi) is 4.99. The van der Waals surface area contributed by atoms with Crippen molar-refractivity contribution in [3.8, 4) is 0 Å². The number of halogens is 1. The molecule has 0 aromatic rings. The molecule has 17 heavy (non-hydrogen) atoms. The van der Waals surface area contributed by atoms with Gasteiger partial charge in [0.1, 0.15) is 0 Å². The molecule has 1 aliphatic heterocycles. The summed E-state index contributed by atoms with van der Waals surface area (Å²) >= 11 is 5.56. The van der Waals surface area contributed by atoms with Crippen LogP contribution in [-0.2, 0) is 9.59 Å². The first kappa shape index (κ1) is 14.5. The van der Waals surface area contributed by atoms with E-state index < -0.39 is 0 Å². The second-order valence-electron chi connectivity index (χ2n) is 5.81. The summed E-state index contributed by atoms with van der Waals surface area (Å²) in [5.41, 5.74) is 0.0842. The molecule has 3 nitrogen and oxygen atoms in total. The SMILES string of the molecule is CC(C)(C)C1CC(=O)N(C(=O)CCCCCl)C1. The minimum Gasteiger partial charge on any atom is -0.282 e. The molecular formula is C13H22ClNO2. The molecule has 0 aliphatic carbocycles. The second kappa shape index (κ2) is 5.85. The van der Waals surface area contributed by atoms with Crippen molar-refractivity contribution in [2.45, 2.75) is 46.5 Å². The summed E-state index contributed by atoms with van der Waals surface area (Å²) in [6.07, 6.45) is 2.55. The quantitative estimate of drug-likeness (QED) is 0.575. The molecule has 0 N–H and O–H groups in total. The molecule has 1 rings (SSSR count). The highest BCUT2D eigenvalue weighted by Crippen LogP contribution is 2.34. The van der Waals surface area contributed by atoms with Crippen molar-refractivity contribution in [1.82, 2.24) is 4.90 Å². The minimum atomic E-state index is -0.0353. The van der Waals surface area contributed by atoms with Crippen molar-refractivity contribution in [2.75, 3.05) is 12.4 Å². The molecule has 1 atom stereocenters. The zero-order chi connectivity index (χ0) is 13.1. The molecule has 0 radical (unpaired) electrons. The van der Waals surface area contributed by atoms with Gasteiger partial charge in [-0.05, 0) is 24.2 Å². The lowest BCUT2D eigenvalue weighted by atomic mass is 9.80. The molecule has 0 aromatic carbocycles. The molecule has 0 aromatic heterocycles. The van der Waals surface area contributed by atoms with E-state index in [9.17, 15) is 9.59 Å². The third kappa shape index (κ3) is 3.98. The summed E-state index contributed by atoms with van der Waals surface area (Å²) in [4.78, 5) is 25.1. The summed E-state index contributed by atoms with van der Waals surface area (Å²) in [7, 11) is 0. The van der Waals surface area contributed by atoms with E-state index in [-0.39, 0.29) is 23.1 Å². The van der Waals surface area contributed by atoms with E-state index in [2.05, 4.69) is 20.8 Å². The van der Waals surface area contributed by atoms with Crippen molar-refractivity contribution < 1.29 is 9.59 Å². The van der Waals surface area contributed by atoms with Gasteiger partial charge in [0.05, 0.1) is 0 Å². The van der Waals surface area contributed by atoms with E-state index in [1.54, 1.807) is 0 Å². The lowest BCUT2D eigenvalue weighted by molar-refractivity contribution is -0.141. The first-order valence-corrected chi connectivity index (χ1v) is 6.79. The average Bonchev–Trinajstić information content (AvgIpc) is 2.60. The normalized spacial score (nSPS) is 21.1. The second-order valence-corrected chi connectivity index (χ2v) is 6.19. The highest BCUT2D eigenvalue weighted by Gasteiger charge is 2.39. The molecule has 0 saturated carbocycles. The van der Waals surface area contributed by atoms with Crippen LogP contribution in [0.2, 0.25) is 0 Å². The first-order valence-electron chi connectivity index (χ1n) is 6.25. The van der Waals surface area contributed by atoms with Gasteiger partial charge in [-0.1, -0.05) is 20.8 Å². The van der Waals surface area contributed by atoms with Gasteiger partial charge in [0.25, 0.3) is 0 Å². The van der Waals surface area contributed by atoms with Crippen LogP contribution >= 0.6 is 11.6 Å². The number of rotatable bonds is 4. The van der Waals surface area contributed by atoms with Crippen LogP contribution in [0.3, 0.4) is 0 Å². The van der Waals surface area contributed by atoms with E-state index >= 15 is 0 Å². The number of unbranched alkanes of at least 4 members (excludes halogenated alkanes) is 1. The Morgan fingerprint density at radius 1 is 1.41 bits per heavy atom. The van der Waals surface area contributed by atoms with Crippen LogP contribution in [0, 0.1) is 11.3 Å². The molecule has 98 valence electrons. The number of carbonyl (C=O) groups excluding carboxylic acids is 2. The third-order valence-corrected chi connectivity index (χ3v) is 3.69. The summed E-state index contributed by atoms with van der Waals surface area (Å²) < 4.78 is 0. The summed E-state index contributed by atoms with van der Waals surface area (Å²) in [6, 6.07) is 0. The van der Waals surface area contributed by atoms with Crippen LogP contribution in [0.4, 0.5) is 0 Å². The predicted octanol–water partition coefficient (Wildman–Crippen LogP) is 2.82. The topological polar surface area (TPSA) is 37.4 Å². The summed E-state index contributed by atoms with van der Waals surface area (Å²) in [5, 5.41) is 0. The number of carbonyl (C=O) groups is 2. The monoisotopic (exact) mass is 259 g/mol. The van der Waals surface area contributed by atoms with Gasteiger partial charge >= 0.3 is 0 Å². The van der Waals surface area contributed by atoms with Gasteiger partial charge in [-0.3, -0.25) is 14.5 Å². The van der Waals surface area contributed by atoms with Crippen LogP contribution in [0.15, 0.2) is 0 Å². The molecule has 1 unspecified atom stereocenters. The fraction of sp³-hybridized carbons (Fsp3) is 0.846. The van der Waals surface area contributed by atoms with Gasteiger partial charge in [-0.25, -0.2) is 0 Å². The standard InChI is InChI=1S/C13H22ClNO2/c1-13(2,3)10-8-12(17)15(9-10)11(16)6-4-5-7-14/h10H,4-9H2,1-3H3. The fourth-order valence-electron chi connectivity index (χ4n) is 2.03. The Morgan fingerprint density at radius 2 is 2.06 bits per heavy atom. The number of imide groups is 1. The Hall–Kier alpha value is -0.570. The predicted molar refractivity (Wildman–Crippen MR) is 68.9 cm³/mol. The largest absolute Gasteiger partial charge is 0.282 e. The number of nitrogens with zero attached hydrogens (tertiary/aromatic N) is 1. The maximum absolute atomic E-state index is 11.9. The molecule has 0 spiro atoms. The third-order valence-electron chi connectivity index (χ3n) is 3.43. The van der Waals surface area contributed by atoms with Crippen molar-refractivity contribution in [3.05, 3.63) is 0 Å². The number of hydrogen-bond donors (Lipinski definition) is 0. The van der Waals surface area contributed by atoms with E-state index in [0.717, 1.165) is 12.8 Å². The van der Waals surface area contributed by atoms with Crippen molar-refractivity contribution in [3.63, 3.8) is 0 Å². The highest BCUT2D eigenvalue weighted by molar-refractivity contribution is 6.17. The van der Waals surface area contributed by atoms with E-state index in [4.69, 9.17) is 11.6 Å². The molecule has 1 aliphatic rings. The highest BCUT2D eigenvalue weighted by atomic mass is 35.5. The Morgan fingerprint density at radius 3 is 2.53 bits per heavy atom. The summed E-state index contributed by atoms with van der Waals surface area (Å²) in [6.45, 7) is 6.94. The Balaban J connectivity index is 2.50. The molecule has 4 heteroatoms. The van der Waals surface area contributed by atoms with Crippen LogP contribution in [0.25, 0.3) is 0 Å². The molecular weight excluding hydrogens is 238 g/mol. The maximum Gasteiger partial charge on any atom is 0.229 e. The lowest BCUT2D eigenvalue weighted by Crippen LogP contribution is -2.33. The molecule has 1 saturated heterocycles. The minimum absolute atomic E-state index is 0.0131. The van der Waals surface area contributed by atoms with Crippen molar-refractivity contribution >= 4 is 23.4 Å². The maximum atomic E-state index is 11.9. The summed E-state index contributed by atoms with van der Waals surface area (Å²) in [5.74, 6) is 0.811. The molecule has 1 heterocycles. The van der Waals surface area contributed by atoms with Gasteiger partial charge in [-0.2, -0.15) is 0 Å². The van der Waals surface area contributed by atoms with E-state index in [1.807, 2.05) is 0 Å². The van der Waals surface area contributed by atoms with Gasteiger partial charge < -0.3 is 0 Å². The van der Waals surface area contributed by atoms with Crippen molar-refractivity contribution in [2.24, 2.45) is 11.3 Å². The van der Waals surface area contributed by atoms with Gasteiger partial charge in [0.2, 0.25) is 11.8 Å². The van der Waals surface area contributed by atoms with Gasteiger partial charge in [0.15, 0.2) is 0 Å². The number of likely N-dealkylation sites (tertiary alicyclic amines) is 1. The zero-order valence-corrected chi connectivity index (χ0v) is 11.7. The smallest absolute Gasteiger partial charge is 0.229 e. The average molecular weight is 260 g/mol. The van der Waals surface area contributed by atoms with Crippen LogP contribution in [-0.4, -0.2) is 29.1 Å². The number of hydrogen-bond acceptors (Lipinski definition) is 2. The number of alkyl halides is 1. The first-order chi connectivity index (χ1) is 7.86. The lowest BCUT2D eigenvalue weighted by Gasteiger charge is -2.26. The number of amides is 2. The van der Waals surface area contributed by atoms with E-state index in [0.29, 0.717) is 25.3 Å². The van der Waals surface area contributed by atoms with Crippen molar-refractivity contribution in [1.29, 1.82) is 0 Å². The van der Waals surface area contributed by atoms with E-state index in [1.165, 1.54) is 4.90 Å². The Bertz CT molecular complexity index is 296. The van der Waals surface area contributed by atoms with Crippen LogP contribution in [0.1, 0.15) is 46.5 Å². The van der Waals surface area contributed by atoms with Gasteiger partial charge in [0, 0.05) is 25.3 Å².